The lowest BCUT2D eigenvalue weighted by atomic mass is 10.4. The fourth-order valence-electron chi connectivity index (χ4n) is 1.03. The molecule has 0 aliphatic heterocycles. The van der Waals surface area contributed by atoms with Gasteiger partial charge in [-0.15, -0.1) is 0 Å². The minimum atomic E-state index is -0.325. The number of amides is 1. The molecule has 2 heterocycles. The molecule has 0 spiro atoms. The second kappa shape index (κ2) is 4.38. The summed E-state index contributed by atoms with van der Waals surface area (Å²) in [7, 11) is 0. The summed E-state index contributed by atoms with van der Waals surface area (Å²) in [6.45, 7) is 1.32. The van der Waals surface area contributed by atoms with Crippen LogP contribution in [0.3, 0.4) is 0 Å². The first-order valence-corrected chi connectivity index (χ1v) is 4.38. The van der Waals surface area contributed by atoms with E-state index >= 15 is 0 Å². The van der Waals surface area contributed by atoms with Gasteiger partial charge in [-0.2, -0.15) is 10.1 Å². The van der Waals surface area contributed by atoms with Crippen LogP contribution >= 0.6 is 0 Å². The maximum atomic E-state index is 10.9. The van der Waals surface area contributed by atoms with Crippen molar-refractivity contribution in [1.82, 2.24) is 20.5 Å². The van der Waals surface area contributed by atoms with Crippen molar-refractivity contribution in [3.8, 4) is 11.5 Å². The molecule has 10 heteroatoms. The molecule has 0 radical (unpaired) electrons. The van der Waals surface area contributed by atoms with Gasteiger partial charge in [0.1, 0.15) is 6.21 Å². The van der Waals surface area contributed by atoms with Gasteiger partial charge in [0.25, 0.3) is 5.89 Å². The maximum absolute atomic E-state index is 10.9. The average Bonchev–Trinajstić information content (AvgIpc) is 2.86. The van der Waals surface area contributed by atoms with Crippen LogP contribution in [0.25, 0.3) is 11.5 Å². The molecule has 17 heavy (non-hydrogen) atoms. The quantitative estimate of drug-likeness (QED) is 0.407. The van der Waals surface area contributed by atoms with Crippen molar-refractivity contribution in [1.29, 1.82) is 0 Å². The standard InChI is InChI=1S/C7H7N7O3/c1-3(15)10-6-5(12-17-14-6)7-11-4(2-9-8)16-13-7/h2H,8H2,1H3,(H,10,14,15). The summed E-state index contributed by atoms with van der Waals surface area (Å²) in [5.74, 6) is 4.90. The first kappa shape index (κ1) is 10.7. The monoisotopic (exact) mass is 237 g/mol. The second-order valence-electron chi connectivity index (χ2n) is 2.88. The van der Waals surface area contributed by atoms with E-state index in [9.17, 15) is 4.79 Å². The van der Waals surface area contributed by atoms with Crippen LogP contribution in [-0.4, -0.2) is 32.6 Å². The van der Waals surface area contributed by atoms with Crippen LogP contribution in [0, 0.1) is 0 Å². The predicted octanol–water partition coefficient (Wildman–Crippen LogP) is -0.629. The Morgan fingerprint density at radius 1 is 1.47 bits per heavy atom. The van der Waals surface area contributed by atoms with Gasteiger partial charge in [0.05, 0.1) is 0 Å². The van der Waals surface area contributed by atoms with E-state index in [1.54, 1.807) is 0 Å². The summed E-state index contributed by atoms with van der Waals surface area (Å²) < 4.78 is 9.25. The molecule has 0 saturated carbocycles. The number of hydrogen-bond donors (Lipinski definition) is 2. The number of hydrogen-bond acceptors (Lipinski definition) is 9. The van der Waals surface area contributed by atoms with E-state index in [1.807, 2.05) is 0 Å². The van der Waals surface area contributed by atoms with Gasteiger partial charge in [0, 0.05) is 6.92 Å². The van der Waals surface area contributed by atoms with Crippen LogP contribution in [0.15, 0.2) is 14.3 Å². The second-order valence-corrected chi connectivity index (χ2v) is 2.88. The molecule has 0 fully saturated rings. The van der Waals surface area contributed by atoms with Crippen molar-refractivity contribution < 1.29 is 13.9 Å². The molecule has 2 rings (SSSR count). The molecule has 0 aliphatic rings. The van der Waals surface area contributed by atoms with E-state index < -0.39 is 0 Å². The molecule has 88 valence electrons. The summed E-state index contributed by atoms with van der Waals surface area (Å²) in [4.78, 5) is 14.8. The van der Waals surface area contributed by atoms with Crippen molar-refractivity contribution in [2.24, 2.45) is 10.9 Å². The summed E-state index contributed by atoms with van der Waals surface area (Å²) in [5, 5.41) is 16.3. The number of nitrogens with one attached hydrogen (secondary N) is 1. The van der Waals surface area contributed by atoms with E-state index in [-0.39, 0.29) is 29.1 Å². The van der Waals surface area contributed by atoms with Gasteiger partial charge >= 0.3 is 0 Å². The van der Waals surface area contributed by atoms with E-state index in [0.717, 1.165) is 0 Å². The highest BCUT2D eigenvalue weighted by Crippen LogP contribution is 2.20. The summed E-state index contributed by atoms with van der Waals surface area (Å²) in [6, 6.07) is 0. The Kier molecular flexibility index (Phi) is 2.77. The zero-order chi connectivity index (χ0) is 12.3. The van der Waals surface area contributed by atoms with Gasteiger partial charge in [-0.25, -0.2) is 4.63 Å². The maximum Gasteiger partial charge on any atom is 0.271 e. The van der Waals surface area contributed by atoms with Crippen LogP contribution in [0.4, 0.5) is 5.82 Å². The Balaban J connectivity index is 2.32. The molecule has 0 unspecified atom stereocenters. The third kappa shape index (κ3) is 2.25. The highest BCUT2D eigenvalue weighted by molar-refractivity contribution is 5.90. The summed E-state index contributed by atoms with van der Waals surface area (Å²) >= 11 is 0. The lowest BCUT2D eigenvalue weighted by Gasteiger charge is -1.93. The molecular weight excluding hydrogens is 230 g/mol. The molecule has 3 N–H and O–H groups in total. The lowest BCUT2D eigenvalue weighted by Crippen LogP contribution is -2.07. The SMILES string of the molecule is CC(=O)Nc1nonc1-c1noc(C=NN)n1. The topological polar surface area (TPSA) is 145 Å². The van der Waals surface area contributed by atoms with Crippen LogP contribution in [0.2, 0.25) is 0 Å². The number of anilines is 1. The fourth-order valence-corrected chi connectivity index (χ4v) is 1.03. The fraction of sp³-hybridized carbons (Fsp3) is 0.143. The number of rotatable bonds is 3. The van der Waals surface area contributed by atoms with E-state index in [1.165, 1.54) is 13.1 Å². The van der Waals surface area contributed by atoms with Crippen LogP contribution < -0.4 is 11.2 Å². The first-order valence-electron chi connectivity index (χ1n) is 4.38. The first-order chi connectivity index (χ1) is 8.20. The van der Waals surface area contributed by atoms with Crippen LogP contribution in [-0.2, 0) is 4.79 Å². The molecule has 0 aliphatic carbocycles. The van der Waals surface area contributed by atoms with Gasteiger partial charge in [-0.3, -0.25) is 4.79 Å². The van der Waals surface area contributed by atoms with Crippen LogP contribution in [0.5, 0.6) is 0 Å². The van der Waals surface area contributed by atoms with Gasteiger partial charge in [0.2, 0.25) is 17.5 Å². The molecule has 2 aromatic heterocycles. The number of carbonyl (C=O) groups is 1. The van der Waals surface area contributed by atoms with Gasteiger partial charge in [-0.1, -0.05) is 5.16 Å². The molecule has 0 saturated heterocycles. The smallest absolute Gasteiger partial charge is 0.271 e. The van der Waals surface area contributed by atoms with E-state index in [4.69, 9.17) is 10.4 Å². The summed E-state index contributed by atoms with van der Waals surface area (Å²) in [5.41, 5.74) is 0.153. The molecule has 2 aromatic rings. The number of carbonyl (C=O) groups excluding carboxylic acids is 1. The molecule has 0 bridgehead atoms. The zero-order valence-corrected chi connectivity index (χ0v) is 8.62. The Morgan fingerprint density at radius 2 is 2.29 bits per heavy atom. The number of nitrogens with two attached hydrogens (primary N) is 1. The molecular formula is C7H7N7O3. The van der Waals surface area contributed by atoms with Crippen LogP contribution in [0.1, 0.15) is 12.8 Å². The Labute approximate surface area is 93.8 Å². The Hall–Kier alpha value is -2.78. The van der Waals surface area contributed by atoms with Crippen molar-refractivity contribution >= 4 is 17.9 Å². The predicted molar refractivity (Wildman–Crippen MR) is 53.7 cm³/mol. The molecule has 0 aromatic carbocycles. The minimum absolute atomic E-state index is 0.0966. The number of hydrazone groups is 1. The van der Waals surface area contributed by atoms with E-state index in [0.29, 0.717) is 0 Å². The van der Waals surface area contributed by atoms with Gasteiger partial charge < -0.3 is 15.7 Å². The molecule has 1 amide bonds. The Bertz CT molecular complexity index is 557. The average molecular weight is 237 g/mol. The number of aromatic nitrogens is 4. The highest BCUT2D eigenvalue weighted by Gasteiger charge is 2.18. The van der Waals surface area contributed by atoms with Gasteiger partial charge in [0.15, 0.2) is 5.69 Å². The van der Waals surface area contributed by atoms with Gasteiger partial charge in [-0.05, 0) is 10.3 Å². The van der Waals surface area contributed by atoms with E-state index in [2.05, 4.69) is 35.5 Å². The summed E-state index contributed by atoms with van der Waals surface area (Å²) in [6.07, 6.45) is 1.17. The largest absolute Gasteiger partial charge is 0.332 e. The zero-order valence-electron chi connectivity index (χ0n) is 8.62. The van der Waals surface area contributed by atoms with Crippen molar-refractivity contribution in [2.45, 2.75) is 6.92 Å². The highest BCUT2D eigenvalue weighted by atomic mass is 16.6. The van der Waals surface area contributed by atoms with Crippen molar-refractivity contribution in [3.63, 3.8) is 0 Å². The number of nitrogens with zero attached hydrogens (tertiary/aromatic N) is 5. The Morgan fingerprint density at radius 3 is 3.00 bits per heavy atom. The molecule has 0 atom stereocenters. The minimum Gasteiger partial charge on any atom is -0.332 e. The third-order valence-electron chi connectivity index (χ3n) is 1.62. The normalized spacial score (nSPS) is 10.9. The van der Waals surface area contributed by atoms with Crippen molar-refractivity contribution in [3.05, 3.63) is 5.89 Å². The molecule has 10 nitrogen and oxygen atoms in total. The third-order valence-corrected chi connectivity index (χ3v) is 1.62. The van der Waals surface area contributed by atoms with Crippen molar-refractivity contribution in [2.75, 3.05) is 5.32 Å². The lowest BCUT2D eigenvalue weighted by molar-refractivity contribution is -0.114.